The van der Waals surface area contributed by atoms with Gasteiger partial charge in [-0.25, -0.2) is 0 Å². The first-order chi connectivity index (χ1) is 26.3. The van der Waals surface area contributed by atoms with E-state index in [-0.39, 0.29) is 57.3 Å². The molecule has 8 N–H and O–H groups in total. The smallest absolute Gasteiger partial charge is 0.545 e. The zero-order chi connectivity index (χ0) is 40.1. The molecule has 0 spiro atoms. The van der Waals surface area contributed by atoms with Crippen molar-refractivity contribution in [1.82, 2.24) is 19.9 Å². The van der Waals surface area contributed by atoms with E-state index in [0.29, 0.717) is 0 Å². The summed E-state index contributed by atoms with van der Waals surface area (Å²) in [4.78, 5) is 38.6. The topological polar surface area (TPSA) is 257 Å². The molecule has 0 aliphatic heterocycles. The maximum absolute atomic E-state index is 10.1. The van der Waals surface area contributed by atoms with Gasteiger partial charge in [0.1, 0.15) is 11.5 Å². The van der Waals surface area contributed by atoms with Crippen LogP contribution < -0.4 is 10.2 Å². The number of carboxylic acid groups (broad SMARTS) is 2. The summed E-state index contributed by atoms with van der Waals surface area (Å²) in [6, 6.07) is 35.2. The summed E-state index contributed by atoms with van der Waals surface area (Å²) < 4.78 is 0. The molecule has 0 fully saturated rings. The summed E-state index contributed by atoms with van der Waals surface area (Å²) >= 11 is 0. The van der Waals surface area contributed by atoms with Crippen LogP contribution in [0.5, 0.6) is 11.5 Å². The summed E-state index contributed by atoms with van der Waals surface area (Å²) in [6.07, 6.45) is 0. The molecule has 14 heteroatoms. The Kier molecular flexibility index (Phi) is 20.1. The van der Waals surface area contributed by atoms with E-state index in [2.05, 4.69) is 68.5 Å². The second kappa shape index (κ2) is 23.5. The summed E-state index contributed by atoms with van der Waals surface area (Å²) in [6.45, 7) is 9.96. The van der Waals surface area contributed by atoms with Crippen LogP contribution >= 0.6 is 0 Å². The van der Waals surface area contributed by atoms with Crippen molar-refractivity contribution < 1.29 is 63.1 Å². The number of phenolic OH excluding ortho intramolecular Hbond substituents is 2. The van der Waals surface area contributed by atoms with E-state index in [9.17, 15) is 19.8 Å². The molecule has 4 aromatic heterocycles. The Labute approximate surface area is 345 Å². The minimum Gasteiger partial charge on any atom is -0.545 e. The van der Waals surface area contributed by atoms with Gasteiger partial charge in [-0.3, -0.25) is 19.9 Å². The van der Waals surface area contributed by atoms with Gasteiger partial charge in [-0.15, -0.1) is 0 Å². The molecule has 0 atom stereocenters. The average Bonchev–Trinajstić information content (AvgIpc) is 3.16. The van der Waals surface area contributed by atoms with Crippen LogP contribution in [0.25, 0.3) is 43.6 Å². The molecule has 4 aromatic carbocycles. The molecule has 0 aliphatic rings. The Morgan fingerprint density at radius 3 is 0.845 bits per heavy atom. The maximum atomic E-state index is 10.1. The van der Waals surface area contributed by atoms with Gasteiger partial charge in [0.05, 0.1) is 34.0 Å². The molecular formula is C44H45MnN4O9+. The molecule has 0 saturated carbocycles. The first kappa shape index (κ1) is 49.5. The predicted molar refractivity (Wildman–Crippen MR) is 219 cm³/mol. The molecule has 58 heavy (non-hydrogen) atoms. The Balaban J connectivity index is 0.000000380. The van der Waals surface area contributed by atoms with Crippen molar-refractivity contribution in [3.05, 3.63) is 155 Å². The number of rotatable bonds is 2. The van der Waals surface area contributed by atoms with Gasteiger partial charge in [0.2, 0.25) is 0 Å². The van der Waals surface area contributed by atoms with Crippen molar-refractivity contribution in [2.75, 3.05) is 6.61 Å². The molecule has 0 amide bonds. The Morgan fingerprint density at radius 1 is 0.466 bits per heavy atom. The van der Waals surface area contributed by atoms with E-state index >= 15 is 0 Å². The number of carboxylic acids is 2. The fourth-order valence-electron chi connectivity index (χ4n) is 5.12. The van der Waals surface area contributed by atoms with Crippen LogP contribution in [0, 0.1) is 27.7 Å². The third-order valence-electron chi connectivity index (χ3n) is 7.80. The van der Waals surface area contributed by atoms with Crippen molar-refractivity contribution in [1.29, 1.82) is 0 Å². The first-order valence-corrected chi connectivity index (χ1v) is 17.2. The Hall–Kier alpha value is -6.54. The molecular weight excluding hydrogens is 783 g/mol. The Bertz CT molecular complexity index is 2270. The molecule has 1 radical (unpaired) electrons. The number of aliphatic hydroxyl groups excluding tert-OH is 1. The zero-order valence-electron chi connectivity index (χ0n) is 32.5. The molecule has 4 heterocycles. The molecule has 0 bridgehead atoms. The number of benzene rings is 4. The van der Waals surface area contributed by atoms with Gasteiger partial charge >= 0.3 is 17.1 Å². The number of pyridine rings is 4. The van der Waals surface area contributed by atoms with Crippen molar-refractivity contribution in [2.45, 2.75) is 34.6 Å². The predicted octanol–water partition coefficient (Wildman–Crippen LogP) is 4.56. The van der Waals surface area contributed by atoms with E-state index in [1.54, 1.807) is 6.92 Å². The molecule has 301 valence electrons. The molecule has 8 rings (SSSR count). The zero-order valence-corrected chi connectivity index (χ0v) is 33.7. The molecule has 13 nitrogen and oxygen atoms in total. The van der Waals surface area contributed by atoms with Crippen LogP contribution in [0.4, 0.5) is 0 Å². The standard InChI is InChI=1S/2C14H12N2.2C7H6O3.C2H6O.Mn.2H2O/c2*1-9-3-5-11-7-8-12-6-4-10(2)16-14(12)13(11)15-9;2*8-6-3-1-5(2-4-6)7(9)10;1-2-3;;;/h2*3-8H,1-2H3;2*1-4,8H,(H,9,10);3H,2H2,1H3;;2*1H2/q;;;;;+2;;/p-1. The van der Waals surface area contributed by atoms with E-state index < -0.39 is 11.9 Å². The number of aromatic carboxylic acids is 2. The molecule has 0 aliphatic carbocycles. The van der Waals surface area contributed by atoms with Crippen molar-refractivity contribution in [2.24, 2.45) is 0 Å². The first-order valence-electron chi connectivity index (χ1n) is 17.2. The van der Waals surface area contributed by atoms with Crippen LogP contribution in [-0.4, -0.2) is 59.3 Å². The van der Waals surface area contributed by atoms with Gasteiger partial charge in [-0.1, -0.05) is 48.5 Å². The summed E-state index contributed by atoms with van der Waals surface area (Å²) in [5, 5.41) is 49.9. The minimum atomic E-state index is -1.24. The Morgan fingerprint density at radius 2 is 0.655 bits per heavy atom. The maximum Gasteiger partial charge on any atom is 2.00 e. The van der Waals surface area contributed by atoms with Crippen molar-refractivity contribution >= 4 is 55.6 Å². The second-order valence-electron chi connectivity index (χ2n) is 12.2. The van der Waals surface area contributed by atoms with Gasteiger partial charge in [0.25, 0.3) is 0 Å². The normalized spacial score (nSPS) is 9.62. The monoisotopic (exact) mass is 828 g/mol. The van der Waals surface area contributed by atoms with Crippen LogP contribution in [0.2, 0.25) is 0 Å². The fraction of sp³-hybridized carbons (Fsp3) is 0.136. The molecule has 0 unspecified atom stereocenters. The van der Waals surface area contributed by atoms with Crippen molar-refractivity contribution in [3.63, 3.8) is 0 Å². The van der Waals surface area contributed by atoms with Gasteiger partial charge in [0.15, 0.2) is 0 Å². The van der Waals surface area contributed by atoms with E-state index in [4.69, 9.17) is 15.3 Å². The second-order valence-corrected chi connectivity index (χ2v) is 12.2. The number of hydrogen-bond acceptors (Lipinski definition) is 11. The van der Waals surface area contributed by atoms with E-state index in [1.807, 2.05) is 52.0 Å². The van der Waals surface area contributed by atoms with Crippen LogP contribution in [-0.2, 0) is 22.5 Å². The summed E-state index contributed by atoms with van der Waals surface area (Å²) in [7, 11) is 0. The third-order valence-corrected chi connectivity index (χ3v) is 7.80. The summed E-state index contributed by atoms with van der Waals surface area (Å²) in [5.41, 5.74) is 8.26. The van der Waals surface area contributed by atoms with Gasteiger partial charge in [0, 0.05) is 50.9 Å². The van der Waals surface area contributed by atoms with E-state index in [0.717, 1.165) is 66.4 Å². The number of hydrogen-bond donors (Lipinski definition) is 3. The molecule has 8 aromatic rings. The molecule has 0 saturated heterocycles. The number of nitrogens with zero attached hydrogens (tertiary/aromatic N) is 4. The quantitative estimate of drug-likeness (QED) is 0.124. The van der Waals surface area contributed by atoms with Gasteiger partial charge in [-0.05, 0) is 119 Å². The average molecular weight is 829 g/mol. The number of aromatic hydroxyl groups is 2. The number of aromatic nitrogens is 4. The SMILES string of the molecule is CCO.Cc1ccc2ccc3ccc(C)nc3c2n1.Cc1ccc2ccc3ccc(C)nc3c2n1.O.O=C([O-])c1ccc(O)cc1.O=C([O-])c1ccc(O)cc1.[Mn+2].[OH3+]. The fourth-order valence-corrected chi connectivity index (χ4v) is 5.12. The number of fused-ring (bicyclic) bond motifs is 6. The van der Waals surface area contributed by atoms with Crippen molar-refractivity contribution in [3.8, 4) is 11.5 Å². The third kappa shape index (κ3) is 13.9. The van der Waals surface area contributed by atoms with Crippen LogP contribution in [0.1, 0.15) is 50.4 Å². The number of phenols is 2. The van der Waals surface area contributed by atoms with Gasteiger partial charge in [-0.2, -0.15) is 0 Å². The number of aryl methyl sites for hydroxylation is 4. The summed E-state index contributed by atoms with van der Waals surface area (Å²) in [5.74, 6) is -2.38. The van der Waals surface area contributed by atoms with E-state index in [1.165, 1.54) is 48.5 Å². The number of carbonyl (C=O) groups excluding carboxylic acids is 2. The number of carbonyl (C=O) groups is 2. The van der Waals surface area contributed by atoms with Crippen LogP contribution in [0.15, 0.2) is 121 Å². The van der Waals surface area contributed by atoms with Crippen LogP contribution in [0.3, 0.4) is 0 Å². The van der Waals surface area contributed by atoms with Gasteiger partial charge < -0.3 is 46.1 Å². The minimum absolute atomic E-state index is 0. The number of aliphatic hydroxyl groups is 1. The largest absolute Gasteiger partial charge is 2.00 e.